The Balaban J connectivity index is 1.49. The fraction of sp³-hybridized carbons (Fsp3) is 0.200. The summed E-state index contributed by atoms with van der Waals surface area (Å²) in [7, 11) is 0. The van der Waals surface area contributed by atoms with Crippen molar-refractivity contribution in [1.82, 2.24) is 4.98 Å². The Bertz CT molecular complexity index is 1260. The SMILES string of the molecule is CCc1ccc2oc(-c3cc(NC(=O)COc4ccc(C)c(C)c4)ccc3Cl)nc2c1. The van der Waals surface area contributed by atoms with E-state index in [2.05, 4.69) is 17.2 Å². The molecule has 0 unspecified atom stereocenters. The number of rotatable bonds is 6. The van der Waals surface area contributed by atoms with Crippen LogP contribution >= 0.6 is 11.6 Å². The van der Waals surface area contributed by atoms with Gasteiger partial charge < -0.3 is 14.5 Å². The molecule has 0 aliphatic heterocycles. The van der Waals surface area contributed by atoms with Gasteiger partial charge in [-0.3, -0.25) is 4.79 Å². The Morgan fingerprint density at radius 2 is 1.90 bits per heavy atom. The fourth-order valence-electron chi connectivity index (χ4n) is 3.22. The Morgan fingerprint density at radius 3 is 2.68 bits per heavy atom. The van der Waals surface area contributed by atoms with Gasteiger partial charge in [-0.2, -0.15) is 0 Å². The third-order valence-electron chi connectivity index (χ3n) is 5.19. The molecule has 5 nitrogen and oxygen atoms in total. The average Bonchev–Trinajstić information content (AvgIpc) is 3.19. The van der Waals surface area contributed by atoms with Crippen molar-refractivity contribution in [2.45, 2.75) is 27.2 Å². The Morgan fingerprint density at radius 1 is 1.06 bits per heavy atom. The number of amides is 1. The zero-order chi connectivity index (χ0) is 22.0. The second-order valence-corrected chi connectivity index (χ2v) is 7.86. The third kappa shape index (κ3) is 4.72. The molecule has 6 heteroatoms. The lowest BCUT2D eigenvalue weighted by atomic mass is 10.1. The first-order chi connectivity index (χ1) is 14.9. The number of hydrogen-bond acceptors (Lipinski definition) is 4. The first kappa shape index (κ1) is 20.9. The van der Waals surface area contributed by atoms with E-state index in [0.717, 1.165) is 17.5 Å². The maximum absolute atomic E-state index is 12.4. The lowest BCUT2D eigenvalue weighted by Gasteiger charge is -2.10. The van der Waals surface area contributed by atoms with Gasteiger partial charge >= 0.3 is 0 Å². The highest BCUT2D eigenvalue weighted by molar-refractivity contribution is 6.33. The predicted octanol–water partition coefficient (Wildman–Crippen LogP) is 6.34. The van der Waals surface area contributed by atoms with Crippen molar-refractivity contribution >= 4 is 34.3 Å². The van der Waals surface area contributed by atoms with Crippen LogP contribution in [0.4, 0.5) is 5.69 Å². The summed E-state index contributed by atoms with van der Waals surface area (Å²) >= 11 is 6.38. The van der Waals surface area contributed by atoms with E-state index in [4.69, 9.17) is 20.8 Å². The lowest BCUT2D eigenvalue weighted by molar-refractivity contribution is -0.118. The zero-order valence-electron chi connectivity index (χ0n) is 17.7. The van der Waals surface area contributed by atoms with Gasteiger partial charge in [-0.15, -0.1) is 0 Å². The molecule has 1 heterocycles. The second kappa shape index (κ2) is 8.82. The van der Waals surface area contributed by atoms with Crippen LogP contribution in [0.2, 0.25) is 5.02 Å². The Kier molecular flexibility index (Phi) is 5.96. The van der Waals surface area contributed by atoms with Crippen molar-refractivity contribution in [3.05, 3.63) is 76.3 Å². The van der Waals surface area contributed by atoms with Gasteiger partial charge in [-0.1, -0.05) is 30.7 Å². The molecule has 0 fully saturated rings. The summed E-state index contributed by atoms with van der Waals surface area (Å²) in [5.41, 5.74) is 6.15. The van der Waals surface area contributed by atoms with E-state index in [0.29, 0.717) is 33.5 Å². The van der Waals surface area contributed by atoms with Gasteiger partial charge in [0, 0.05) is 5.69 Å². The Hall–Kier alpha value is -3.31. The van der Waals surface area contributed by atoms with Crippen LogP contribution in [0.3, 0.4) is 0 Å². The highest BCUT2D eigenvalue weighted by atomic mass is 35.5. The highest BCUT2D eigenvalue weighted by Gasteiger charge is 2.14. The van der Waals surface area contributed by atoms with E-state index in [1.165, 1.54) is 11.1 Å². The molecule has 0 atom stereocenters. The minimum atomic E-state index is -0.267. The van der Waals surface area contributed by atoms with Gasteiger partial charge in [0.05, 0.1) is 10.6 Å². The smallest absolute Gasteiger partial charge is 0.262 e. The number of carbonyl (C=O) groups excluding carboxylic acids is 1. The molecule has 1 N–H and O–H groups in total. The number of halogens is 1. The molecule has 3 aromatic carbocycles. The molecule has 1 amide bonds. The maximum atomic E-state index is 12.4. The number of hydrogen-bond donors (Lipinski definition) is 1. The molecule has 4 rings (SSSR count). The number of benzene rings is 3. The lowest BCUT2D eigenvalue weighted by Crippen LogP contribution is -2.20. The first-order valence-electron chi connectivity index (χ1n) is 10.1. The minimum absolute atomic E-state index is 0.0941. The van der Waals surface area contributed by atoms with Gasteiger partial charge in [0.1, 0.15) is 11.3 Å². The molecule has 0 radical (unpaired) electrons. The van der Waals surface area contributed by atoms with Crippen LogP contribution < -0.4 is 10.1 Å². The fourth-order valence-corrected chi connectivity index (χ4v) is 3.42. The van der Waals surface area contributed by atoms with Crippen LogP contribution in [0, 0.1) is 13.8 Å². The van der Waals surface area contributed by atoms with Crippen molar-refractivity contribution in [3.63, 3.8) is 0 Å². The summed E-state index contributed by atoms with van der Waals surface area (Å²) in [5, 5.41) is 3.33. The molecular weight excluding hydrogens is 412 g/mol. The number of nitrogens with zero attached hydrogens (tertiary/aromatic N) is 1. The van der Waals surface area contributed by atoms with Crippen molar-refractivity contribution in [2.24, 2.45) is 0 Å². The summed E-state index contributed by atoms with van der Waals surface area (Å²) < 4.78 is 11.5. The average molecular weight is 435 g/mol. The quantitative estimate of drug-likeness (QED) is 0.384. The van der Waals surface area contributed by atoms with E-state index >= 15 is 0 Å². The largest absolute Gasteiger partial charge is 0.484 e. The zero-order valence-corrected chi connectivity index (χ0v) is 18.4. The monoisotopic (exact) mass is 434 g/mol. The number of nitrogens with one attached hydrogen (secondary N) is 1. The molecule has 4 aromatic rings. The number of oxazole rings is 1. The molecular formula is C25H23ClN2O3. The molecule has 31 heavy (non-hydrogen) atoms. The third-order valence-corrected chi connectivity index (χ3v) is 5.52. The number of anilines is 1. The highest BCUT2D eigenvalue weighted by Crippen LogP contribution is 2.32. The van der Waals surface area contributed by atoms with Crippen LogP contribution in [-0.2, 0) is 11.2 Å². The number of aromatic nitrogens is 1. The van der Waals surface area contributed by atoms with Crippen LogP contribution in [0.25, 0.3) is 22.6 Å². The summed E-state index contributed by atoms with van der Waals surface area (Å²) in [5.74, 6) is 0.806. The van der Waals surface area contributed by atoms with Crippen LogP contribution in [0.5, 0.6) is 5.75 Å². The van der Waals surface area contributed by atoms with Crippen molar-refractivity contribution < 1.29 is 13.9 Å². The van der Waals surface area contributed by atoms with E-state index < -0.39 is 0 Å². The van der Waals surface area contributed by atoms with Gasteiger partial charge in [-0.05, 0) is 79.4 Å². The normalized spacial score (nSPS) is 11.0. The number of ether oxygens (including phenoxy) is 1. The van der Waals surface area contributed by atoms with Crippen molar-refractivity contribution in [2.75, 3.05) is 11.9 Å². The molecule has 0 bridgehead atoms. The van der Waals surface area contributed by atoms with Gasteiger partial charge in [0.15, 0.2) is 12.2 Å². The number of aryl methyl sites for hydroxylation is 3. The van der Waals surface area contributed by atoms with Crippen LogP contribution in [0.15, 0.2) is 59.0 Å². The van der Waals surface area contributed by atoms with Gasteiger partial charge in [0.2, 0.25) is 5.89 Å². The van der Waals surface area contributed by atoms with E-state index in [1.807, 2.05) is 50.2 Å². The summed E-state index contributed by atoms with van der Waals surface area (Å²) in [6, 6.07) is 16.9. The predicted molar refractivity (Wildman–Crippen MR) is 124 cm³/mol. The second-order valence-electron chi connectivity index (χ2n) is 7.45. The summed E-state index contributed by atoms with van der Waals surface area (Å²) in [4.78, 5) is 16.9. The Labute approximate surface area is 186 Å². The molecule has 0 spiro atoms. The maximum Gasteiger partial charge on any atom is 0.262 e. The summed E-state index contributed by atoms with van der Waals surface area (Å²) in [6.07, 6.45) is 0.921. The van der Waals surface area contributed by atoms with E-state index in [9.17, 15) is 4.79 Å². The van der Waals surface area contributed by atoms with Crippen molar-refractivity contribution in [3.8, 4) is 17.2 Å². The van der Waals surface area contributed by atoms with Crippen LogP contribution in [0.1, 0.15) is 23.6 Å². The standard InChI is InChI=1S/C25H23ClN2O3/c1-4-17-6-10-23-22(12-17)28-25(31-23)20-13-18(7-9-21(20)26)27-24(29)14-30-19-8-5-15(2)16(3)11-19/h5-13H,4,14H2,1-3H3,(H,27,29). The molecule has 158 valence electrons. The minimum Gasteiger partial charge on any atom is -0.484 e. The number of fused-ring (bicyclic) bond motifs is 1. The van der Waals surface area contributed by atoms with Crippen LogP contribution in [-0.4, -0.2) is 17.5 Å². The van der Waals surface area contributed by atoms with Gasteiger partial charge in [0.25, 0.3) is 5.91 Å². The molecule has 0 aliphatic rings. The van der Waals surface area contributed by atoms with E-state index in [1.54, 1.807) is 18.2 Å². The summed E-state index contributed by atoms with van der Waals surface area (Å²) in [6.45, 7) is 6.04. The molecule has 0 saturated heterocycles. The first-order valence-corrected chi connectivity index (χ1v) is 10.5. The topological polar surface area (TPSA) is 64.4 Å². The number of carbonyl (C=O) groups is 1. The van der Waals surface area contributed by atoms with E-state index in [-0.39, 0.29) is 12.5 Å². The molecule has 0 saturated carbocycles. The molecule has 0 aliphatic carbocycles. The van der Waals surface area contributed by atoms with Gasteiger partial charge in [-0.25, -0.2) is 4.98 Å². The molecule has 1 aromatic heterocycles. The van der Waals surface area contributed by atoms with Crippen molar-refractivity contribution in [1.29, 1.82) is 0 Å².